The highest BCUT2D eigenvalue weighted by atomic mass is 16.3. The highest BCUT2D eigenvalue weighted by Crippen LogP contribution is 2.27. The van der Waals surface area contributed by atoms with E-state index in [1.165, 1.54) is 5.57 Å². The Bertz CT molecular complexity index is 179. The largest absolute Gasteiger partial charge is 0.232 e. The van der Waals surface area contributed by atoms with Gasteiger partial charge < -0.3 is 0 Å². The zero-order valence-electron chi connectivity index (χ0n) is 7.10. The van der Waals surface area contributed by atoms with Gasteiger partial charge in [-0.15, -0.1) is 0 Å². The van der Waals surface area contributed by atoms with Crippen LogP contribution in [-0.4, -0.2) is 6.61 Å². The number of rotatable bonds is 2. The lowest BCUT2D eigenvalue weighted by Gasteiger charge is -2.20. The fourth-order valence-electron chi connectivity index (χ4n) is 1.47. The molecule has 0 aromatic carbocycles. The molecule has 1 aliphatic rings. The first-order chi connectivity index (χ1) is 5.24. The third-order valence-corrected chi connectivity index (χ3v) is 2.39. The first kappa shape index (κ1) is 8.54. The molecule has 1 heteroatoms. The van der Waals surface area contributed by atoms with Crippen LogP contribution in [0.25, 0.3) is 0 Å². The lowest BCUT2D eigenvalue weighted by Crippen LogP contribution is -2.07. The fraction of sp³-hybridized carbons (Fsp3) is 0.600. The van der Waals surface area contributed by atoms with Crippen LogP contribution in [0.3, 0.4) is 0 Å². The van der Waals surface area contributed by atoms with Gasteiger partial charge in [0.1, 0.15) is 6.61 Å². The van der Waals surface area contributed by atoms with Crippen molar-refractivity contribution < 1.29 is 5.11 Å². The van der Waals surface area contributed by atoms with Crippen LogP contribution in [0.5, 0.6) is 0 Å². The average molecular weight is 151 g/mol. The normalized spacial score (nSPS) is 24.5. The van der Waals surface area contributed by atoms with E-state index in [1.54, 1.807) is 0 Å². The fourth-order valence-corrected chi connectivity index (χ4v) is 1.47. The van der Waals surface area contributed by atoms with E-state index in [2.05, 4.69) is 19.6 Å². The van der Waals surface area contributed by atoms with Gasteiger partial charge in [0, 0.05) is 0 Å². The second kappa shape index (κ2) is 3.72. The van der Waals surface area contributed by atoms with Crippen LogP contribution in [0.4, 0.5) is 0 Å². The Morgan fingerprint density at radius 2 is 2.55 bits per heavy atom. The molecule has 61 valence electrons. The number of hydrogen-bond donors (Lipinski definition) is 0. The smallest absolute Gasteiger partial charge is 0.103 e. The van der Waals surface area contributed by atoms with Crippen LogP contribution in [-0.2, 0) is 5.11 Å². The minimum Gasteiger partial charge on any atom is -0.232 e. The van der Waals surface area contributed by atoms with Gasteiger partial charge in [0.2, 0.25) is 0 Å². The minimum atomic E-state index is -0.0110. The summed E-state index contributed by atoms with van der Waals surface area (Å²) in [7, 11) is 0. The number of allylic oxidation sites excluding steroid dienone is 2. The first-order valence-corrected chi connectivity index (χ1v) is 4.15. The Morgan fingerprint density at radius 3 is 2.91 bits per heavy atom. The van der Waals surface area contributed by atoms with Crippen molar-refractivity contribution in [1.82, 2.24) is 0 Å². The van der Waals surface area contributed by atoms with Gasteiger partial charge in [-0.1, -0.05) is 18.2 Å². The van der Waals surface area contributed by atoms with E-state index in [0.29, 0.717) is 5.92 Å². The number of hydrogen-bond acceptors (Lipinski definition) is 0. The quantitative estimate of drug-likeness (QED) is 0.541. The van der Waals surface area contributed by atoms with Crippen LogP contribution in [0, 0.1) is 5.92 Å². The molecule has 0 aromatic heterocycles. The monoisotopic (exact) mass is 151 g/mol. The summed E-state index contributed by atoms with van der Waals surface area (Å²) in [6.45, 7) is 5.98. The summed E-state index contributed by atoms with van der Waals surface area (Å²) >= 11 is 0. The molecule has 0 N–H and O–H groups in total. The van der Waals surface area contributed by atoms with Crippen molar-refractivity contribution in [3.8, 4) is 0 Å². The van der Waals surface area contributed by atoms with Gasteiger partial charge in [-0.25, -0.2) is 5.11 Å². The molecule has 1 rings (SSSR count). The third kappa shape index (κ3) is 2.19. The van der Waals surface area contributed by atoms with Crippen molar-refractivity contribution in [3.63, 3.8) is 0 Å². The van der Waals surface area contributed by atoms with E-state index in [9.17, 15) is 5.11 Å². The van der Waals surface area contributed by atoms with E-state index >= 15 is 0 Å². The second-order valence-electron chi connectivity index (χ2n) is 3.32. The summed E-state index contributed by atoms with van der Waals surface area (Å²) in [4.78, 5) is 0. The third-order valence-electron chi connectivity index (χ3n) is 2.39. The van der Waals surface area contributed by atoms with Gasteiger partial charge in [0.25, 0.3) is 0 Å². The maximum absolute atomic E-state index is 10.5. The summed E-state index contributed by atoms with van der Waals surface area (Å²) in [6, 6.07) is 0. The highest BCUT2D eigenvalue weighted by Gasteiger charge is 2.13. The van der Waals surface area contributed by atoms with Crippen molar-refractivity contribution in [2.24, 2.45) is 5.92 Å². The predicted molar refractivity (Wildman–Crippen MR) is 45.8 cm³/mol. The van der Waals surface area contributed by atoms with E-state index in [0.717, 1.165) is 24.8 Å². The molecule has 0 heterocycles. The van der Waals surface area contributed by atoms with Gasteiger partial charge in [-0.3, -0.25) is 0 Å². The van der Waals surface area contributed by atoms with Gasteiger partial charge >= 0.3 is 0 Å². The summed E-state index contributed by atoms with van der Waals surface area (Å²) in [5.41, 5.74) is 2.34. The average Bonchev–Trinajstić information content (AvgIpc) is 2.05. The van der Waals surface area contributed by atoms with Crippen molar-refractivity contribution in [3.05, 3.63) is 23.8 Å². The summed E-state index contributed by atoms with van der Waals surface area (Å²) in [6.07, 6.45) is 5.24. The molecule has 11 heavy (non-hydrogen) atoms. The summed E-state index contributed by atoms with van der Waals surface area (Å²) in [5.74, 6) is 0.630. The SMILES string of the molecule is C=C(C)C1CC=C(C[O])CC1. The van der Waals surface area contributed by atoms with Crippen LogP contribution in [0.1, 0.15) is 26.2 Å². The molecule has 0 spiro atoms. The van der Waals surface area contributed by atoms with E-state index in [1.807, 2.05) is 0 Å². The molecule has 0 saturated carbocycles. The maximum atomic E-state index is 10.5. The van der Waals surface area contributed by atoms with Crippen LogP contribution in [0.2, 0.25) is 0 Å². The van der Waals surface area contributed by atoms with Gasteiger partial charge in [0.05, 0.1) is 0 Å². The minimum absolute atomic E-state index is 0.0110. The molecule has 1 radical (unpaired) electrons. The molecule has 1 atom stereocenters. The Kier molecular flexibility index (Phi) is 2.89. The van der Waals surface area contributed by atoms with Gasteiger partial charge in [0.15, 0.2) is 0 Å². The molecule has 1 aliphatic carbocycles. The molecule has 0 saturated heterocycles. The summed E-state index contributed by atoms with van der Waals surface area (Å²) in [5, 5.41) is 10.5. The van der Waals surface area contributed by atoms with Gasteiger partial charge in [-0.2, -0.15) is 0 Å². The standard InChI is InChI=1S/C10H15O/c1-8(2)10-5-3-9(7-11)4-6-10/h3,10H,1,4-7H2,2H3. The summed E-state index contributed by atoms with van der Waals surface area (Å²) < 4.78 is 0. The second-order valence-corrected chi connectivity index (χ2v) is 3.32. The van der Waals surface area contributed by atoms with Crippen LogP contribution >= 0.6 is 0 Å². The topological polar surface area (TPSA) is 19.9 Å². The lowest BCUT2D eigenvalue weighted by molar-refractivity contribution is 0.216. The molecule has 0 amide bonds. The molecule has 0 fully saturated rings. The van der Waals surface area contributed by atoms with E-state index < -0.39 is 0 Å². The molecule has 0 aromatic rings. The highest BCUT2D eigenvalue weighted by molar-refractivity contribution is 5.11. The predicted octanol–water partition coefficient (Wildman–Crippen LogP) is 2.72. The molecular weight excluding hydrogens is 136 g/mol. The zero-order chi connectivity index (χ0) is 8.27. The molecule has 0 aliphatic heterocycles. The Labute approximate surface area is 68.4 Å². The Hall–Kier alpha value is -0.560. The Morgan fingerprint density at radius 1 is 1.82 bits per heavy atom. The van der Waals surface area contributed by atoms with Crippen LogP contribution in [0.15, 0.2) is 23.8 Å². The van der Waals surface area contributed by atoms with Crippen LogP contribution < -0.4 is 0 Å². The van der Waals surface area contributed by atoms with Crippen molar-refractivity contribution in [2.75, 3.05) is 6.61 Å². The van der Waals surface area contributed by atoms with E-state index in [-0.39, 0.29) is 6.61 Å². The molecular formula is C10H15O. The Balaban J connectivity index is 2.47. The van der Waals surface area contributed by atoms with E-state index in [4.69, 9.17) is 0 Å². The van der Waals surface area contributed by atoms with Crippen molar-refractivity contribution >= 4 is 0 Å². The molecule has 1 nitrogen and oxygen atoms in total. The van der Waals surface area contributed by atoms with Gasteiger partial charge in [-0.05, 0) is 37.7 Å². The zero-order valence-corrected chi connectivity index (χ0v) is 7.10. The molecule has 0 bridgehead atoms. The lowest BCUT2D eigenvalue weighted by atomic mass is 9.86. The maximum Gasteiger partial charge on any atom is 0.103 e. The molecule has 1 unspecified atom stereocenters. The first-order valence-electron chi connectivity index (χ1n) is 4.15. The van der Waals surface area contributed by atoms with Crippen molar-refractivity contribution in [2.45, 2.75) is 26.2 Å². The van der Waals surface area contributed by atoms with Crippen molar-refractivity contribution in [1.29, 1.82) is 0 Å².